The third-order valence-electron chi connectivity index (χ3n) is 6.57. The number of aryl methyl sites for hydroxylation is 1. The van der Waals surface area contributed by atoms with Crippen molar-refractivity contribution in [2.24, 2.45) is 11.7 Å². The van der Waals surface area contributed by atoms with Gasteiger partial charge in [0.15, 0.2) is 0 Å². The van der Waals surface area contributed by atoms with Gasteiger partial charge in [0, 0.05) is 30.6 Å². The molecular formula is C24H32N2O3. The molecule has 0 unspecified atom stereocenters. The highest BCUT2D eigenvalue weighted by atomic mass is 16.5. The second-order valence-corrected chi connectivity index (χ2v) is 8.33. The number of nitrogens with two attached hydrogens (primary N) is 1. The van der Waals surface area contributed by atoms with Crippen molar-refractivity contribution in [2.75, 3.05) is 26.7 Å². The monoisotopic (exact) mass is 396 g/mol. The number of phenolic OH excluding ortho intramolecular Hbond substituents is 1. The van der Waals surface area contributed by atoms with Gasteiger partial charge in [-0.15, -0.1) is 0 Å². The summed E-state index contributed by atoms with van der Waals surface area (Å²) in [6.07, 6.45) is 2.97. The summed E-state index contributed by atoms with van der Waals surface area (Å²) in [5.41, 5.74) is 10.3. The molecule has 2 aromatic rings. The van der Waals surface area contributed by atoms with Crippen molar-refractivity contribution in [1.82, 2.24) is 4.90 Å². The summed E-state index contributed by atoms with van der Waals surface area (Å²) in [6, 6.07) is 12.3. The summed E-state index contributed by atoms with van der Waals surface area (Å²) < 4.78 is 11.9. The zero-order chi connectivity index (χ0) is 20.4. The molecule has 3 N–H and O–H groups in total. The van der Waals surface area contributed by atoms with Gasteiger partial charge in [-0.05, 0) is 56.0 Å². The smallest absolute Gasteiger partial charge is 0.123 e. The van der Waals surface area contributed by atoms with Crippen LogP contribution in [0, 0.1) is 12.8 Å². The maximum atomic E-state index is 10.6. The van der Waals surface area contributed by atoms with Crippen molar-refractivity contribution in [3.8, 4) is 11.5 Å². The molecular weight excluding hydrogens is 364 g/mol. The van der Waals surface area contributed by atoms with Crippen molar-refractivity contribution in [2.45, 2.75) is 44.9 Å². The predicted octanol–water partition coefficient (Wildman–Crippen LogP) is 3.56. The Labute approximate surface area is 173 Å². The van der Waals surface area contributed by atoms with E-state index in [0.717, 1.165) is 61.3 Å². The first-order valence-electron chi connectivity index (χ1n) is 10.6. The number of rotatable bonds is 5. The lowest BCUT2D eigenvalue weighted by atomic mass is 9.83. The van der Waals surface area contributed by atoms with Gasteiger partial charge in [0.05, 0.1) is 19.3 Å². The fourth-order valence-electron chi connectivity index (χ4n) is 4.84. The lowest BCUT2D eigenvalue weighted by Gasteiger charge is -2.40. The average Bonchev–Trinajstić information content (AvgIpc) is 2.76. The zero-order valence-electron chi connectivity index (χ0n) is 17.4. The van der Waals surface area contributed by atoms with E-state index in [-0.39, 0.29) is 12.2 Å². The number of ether oxygens (including phenoxy) is 2. The number of piperidine rings is 1. The molecule has 0 aliphatic carbocycles. The maximum Gasteiger partial charge on any atom is 0.123 e. The number of hydrogen-bond acceptors (Lipinski definition) is 5. The molecule has 2 aliphatic heterocycles. The van der Waals surface area contributed by atoms with E-state index in [2.05, 4.69) is 23.1 Å². The minimum atomic E-state index is -0.123. The van der Waals surface area contributed by atoms with Crippen molar-refractivity contribution < 1.29 is 14.6 Å². The molecule has 29 heavy (non-hydrogen) atoms. The number of hydrogen-bond donors (Lipinski definition) is 2. The molecule has 0 spiro atoms. The maximum absolute atomic E-state index is 10.6. The minimum absolute atomic E-state index is 0.122. The number of fused-ring (bicyclic) bond motifs is 1. The lowest BCUT2D eigenvalue weighted by molar-refractivity contribution is -0.0651. The second kappa shape index (κ2) is 8.74. The van der Waals surface area contributed by atoms with E-state index in [9.17, 15) is 5.11 Å². The summed E-state index contributed by atoms with van der Waals surface area (Å²) in [5.74, 6) is 1.87. The predicted molar refractivity (Wildman–Crippen MR) is 114 cm³/mol. The van der Waals surface area contributed by atoms with Gasteiger partial charge < -0.3 is 20.3 Å². The van der Waals surface area contributed by atoms with Gasteiger partial charge in [-0.3, -0.25) is 4.90 Å². The second-order valence-electron chi connectivity index (χ2n) is 8.33. The fourth-order valence-corrected chi connectivity index (χ4v) is 4.84. The summed E-state index contributed by atoms with van der Waals surface area (Å²) in [5, 5.41) is 10.6. The fraction of sp³-hybridized carbons (Fsp3) is 0.500. The normalized spacial score (nSPS) is 23.0. The van der Waals surface area contributed by atoms with Crippen LogP contribution in [0.15, 0.2) is 36.4 Å². The third-order valence-corrected chi connectivity index (χ3v) is 6.57. The number of nitrogens with zero attached hydrogens (tertiary/aromatic N) is 1. The van der Waals surface area contributed by atoms with E-state index < -0.39 is 0 Å². The first-order valence-corrected chi connectivity index (χ1v) is 10.6. The highest BCUT2D eigenvalue weighted by molar-refractivity contribution is 5.47. The Kier molecular flexibility index (Phi) is 6.09. The summed E-state index contributed by atoms with van der Waals surface area (Å²) in [6.45, 7) is 5.40. The Morgan fingerprint density at radius 3 is 2.66 bits per heavy atom. The molecule has 0 radical (unpaired) electrons. The van der Waals surface area contributed by atoms with Crippen LogP contribution in [0.4, 0.5) is 0 Å². The summed E-state index contributed by atoms with van der Waals surface area (Å²) >= 11 is 0. The van der Waals surface area contributed by atoms with Crippen molar-refractivity contribution in [3.63, 3.8) is 0 Å². The van der Waals surface area contributed by atoms with Gasteiger partial charge in [0.25, 0.3) is 0 Å². The van der Waals surface area contributed by atoms with Gasteiger partial charge in [0.2, 0.25) is 0 Å². The van der Waals surface area contributed by atoms with Crippen LogP contribution in [-0.2, 0) is 17.7 Å². The van der Waals surface area contributed by atoms with Crippen LogP contribution in [-0.4, -0.2) is 42.9 Å². The molecule has 1 fully saturated rings. The molecule has 1 saturated heterocycles. The Morgan fingerprint density at radius 2 is 1.93 bits per heavy atom. The van der Waals surface area contributed by atoms with Crippen LogP contribution in [0.3, 0.4) is 0 Å². The molecule has 2 aliphatic rings. The van der Waals surface area contributed by atoms with Crippen LogP contribution >= 0.6 is 0 Å². The number of benzene rings is 2. The Morgan fingerprint density at radius 1 is 1.17 bits per heavy atom. The standard InChI is InChI=1S/C24H32N2O3/c1-16-7-8-19-20(24(16)27)13-22(29-23(19)14-25)17-9-11-26(12-10-17)15-18-5-3-4-6-21(18)28-2/h3-8,17,22-23,27H,9-15,25H2,1-2H3/t22-,23-/m0/s1. The summed E-state index contributed by atoms with van der Waals surface area (Å²) in [4.78, 5) is 2.49. The average molecular weight is 397 g/mol. The van der Waals surface area contributed by atoms with Crippen LogP contribution < -0.4 is 10.5 Å². The van der Waals surface area contributed by atoms with E-state index in [4.69, 9.17) is 15.2 Å². The zero-order valence-corrected chi connectivity index (χ0v) is 17.4. The highest BCUT2D eigenvalue weighted by Crippen LogP contribution is 2.40. The number of phenols is 1. The molecule has 0 aromatic heterocycles. The first-order chi connectivity index (χ1) is 14.1. The largest absolute Gasteiger partial charge is 0.507 e. The van der Waals surface area contributed by atoms with Gasteiger partial charge in [-0.25, -0.2) is 0 Å². The lowest BCUT2D eigenvalue weighted by Crippen LogP contribution is -2.42. The van der Waals surface area contributed by atoms with Crippen LogP contribution in [0.1, 0.15) is 41.2 Å². The number of methoxy groups -OCH3 is 1. The summed E-state index contributed by atoms with van der Waals surface area (Å²) in [7, 11) is 1.73. The minimum Gasteiger partial charge on any atom is -0.507 e. The van der Waals surface area contributed by atoms with Crippen molar-refractivity contribution >= 4 is 0 Å². The molecule has 2 aromatic carbocycles. The molecule has 2 heterocycles. The van der Waals surface area contributed by atoms with Crippen LogP contribution in [0.25, 0.3) is 0 Å². The van der Waals surface area contributed by atoms with Gasteiger partial charge in [-0.1, -0.05) is 30.3 Å². The molecule has 4 rings (SSSR count). The quantitative estimate of drug-likeness (QED) is 0.809. The Hall–Kier alpha value is -2.08. The van der Waals surface area contributed by atoms with Crippen LogP contribution in [0.5, 0.6) is 11.5 Å². The Bertz CT molecular complexity index is 846. The van der Waals surface area contributed by atoms with Crippen molar-refractivity contribution in [3.05, 3.63) is 58.7 Å². The van der Waals surface area contributed by atoms with E-state index >= 15 is 0 Å². The van der Waals surface area contributed by atoms with E-state index in [1.807, 2.05) is 25.1 Å². The van der Waals surface area contributed by atoms with Gasteiger partial charge in [-0.2, -0.15) is 0 Å². The molecule has 0 saturated carbocycles. The number of para-hydroxylation sites is 1. The molecule has 156 valence electrons. The van der Waals surface area contributed by atoms with Crippen molar-refractivity contribution in [1.29, 1.82) is 0 Å². The topological polar surface area (TPSA) is 68.0 Å². The molecule has 5 nitrogen and oxygen atoms in total. The van der Waals surface area contributed by atoms with E-state index in [0.29, 0.717) is 18.2 Å². The van der Waals surface area contributed by atoms with Crippen LogP contribution in [0.2, 0.25) is 0 Å². The highest BCUT2D eigenvalue weighted by Gasteiger charge is 2.35. The molecule has 5 heteroatoms. The molecule has 0 amide bonds. The van der Waals surface area contributed by atoms with E-state index in [1.165, 1.54) is 5.56 Å². The number of likely N-dealkylation sites (tertiary alicyclic amines) is 1. The van der Waals surface area contributed by atoms with E-state index in [1.54, 1.807) is 7.11 Å². The first kappa shape index (κ1) is 20.2. The Balaban J connectivity index is 1.41. The number of aromatic hydroxyl groups is 1. The molecule has 2 atom stereocenters. The third kappa shape index (κ3) is 4.13. The molecule has 0 bridgehead atoms. The SMILES string of the molecule is COc1ccccc1CN1CCC([C@@H]2Cc3c(ccc(C)c3O)[C@H](CN)O2)CC1. The van der Waals surface area contributed by atoms with Gasteiger partial charge in [0.1, 0.15) is 11.5 Å². The van der Waals surface area contributed by atoms with Gasteiger partial charge >= 0.3 is 0 Å².